The standard InChI is InChI=1S/C14H17F3N2/c1-3-5-11(4-2)19-12-6-7-13(14(15,16)17)10(8-12)9-18/h6-8,11,19H,3-5H2,1-2H3. The topological polar surface area (TPSA) is 35.8 Å². The van der Waals surface area contributed by atoms with Crippen molar-refractivity contribution in [3.63, 3.8) is 0 Å². The summed E-state index contributed by atoms with van der Waals surface area (Å²) in [5.74, 6) is 0. The minimum Gasteiger partial charge on any atom is -0.382 e. The van der Waals surface area contributed by atoms with Crippen LogP contribution in [0.3, 0.4) is 0 Å². The maximum absolute atomic E-state index is 12.6. The van der Waals surface area contributed by atoms with E-state index in [0.717, 1.165) is 25.3 Å². The summed E-state index contributed by atoms with van der Waals surface area (Å²) in [6.07, 6.45) is -1.66. The summed E-state index contributed by atoms with van der Waals surface area (Å²) in [6.45, 7) is 4.07. The first-order chi connectivity index (χ1) is 8.92. The zero-order valence-corrected chi connectivity index (χ0v) is 11.0. The second-order valence-corrected chi connectivity index (χ2v) is 4.41. The number of benzene rings is 1. The van der Waals surface area contributed by atoms with Gasteiger partial charge in [-0.25, -0.2) is 0 Å². The van der Waals surface area contributed by atoms with Crippen molar-refractivity contribution >= 4 is 5.69 Å². The first-order valence-electron chi connectivity index (χ1n) is 6.30. The van der Waals surface area contributed by atoms with E-state index in [9.17, 15) is 13.2 Å². The lowest BCUT2D eigenvalue weighted by molar-refractivity contribution is -0.137. The molecule has 2 nitrogen and oxygen atoms in total. The molecule has 1 rings (SSSR count). The summed E-state index contributed by atoms with van der Waals surface area (Å²) in [5.41, 5.74) is -0.669. The van der Waals surface area contributed by atoms with Crippen LogP contribution >= 0.6 is 0 Å². The Kier molecular flexibility index (Phi) is 5.22. The third kappa shape index (κ3) is 4.16. The van der Waals surface area contributed by atoms with Gasteiger partial charge < -0.3 is 5.32 Å². The highest BCUT2D eigenvalue weighted by Gasteiger charge is 2.33. The van der Waals surface area contributed by atoms with E-state index in [4.69, 9.17) is 5.26 Å². The van der Waals surface area contributed by atoms with E-state index in [-0.39, 0.29) is 11.6 Å². The number of hydrogen-bond donors (Lipinski definition) is 1. The van der Waals surface area contributed by atoms with Gasteiger partial charge >= 0.3 is 6.18 Å². The predicted molar refractivity (Wildman–Crippen MR) is 68.8 cm³/mol. The predicted octanol–water partition coefficient (Wildman–Crippen LogP) is 4.57. The van der Waals surface area contributed by atoms with E-state index in [2.05, 4.69) is 12.2 Å². The first-order valence-corrected chi connectivity index (χ1v) is 6.30. The molecule has 0 aliphatic carbocycles. The number of nitrogens with zero attached hydrogens (tertiary/aromatic N) is 1. The Morgan fingerprint density at radius 1 is 1.32 bits per heavy atom. The second kappa shape index (κ2) is 6.46. The highest BCUT2D eigenvalue weighted by atomic mass is 19.4. The molecule has 1 aromatic rings. The Hall–Kier alpha value is -1.70. The third-order valence-electron chi connectivity index (χ3n) is 2.95. The molecule has 1 N–H and O–H groups in total. The Morgan fingerprint density at radius 2 is 2.00 bits per heavy atom. The van der Waals surface area contributed by atoms with Gasteiger partial charge in [0.15, 0.2) is 0 Å². The van der Waals surface area contributed by atoms with Crippen LogP contribution < -0.4 is 5.32 Å². The number of hydrogen-bond acceptors (Lipinski definition) is 2. The largest absolute Gasteiger partial charge is 0.417 e. The molecule has 0 radical (unpaired) electrons. The van der Waals surface area contributed by atoms with Crippen molar-refractivity contribution in [2.45, 2.75) is 45.3 Å². The van der Waals surface area contributed by atoms with Crippen molar-refractivity contribution in [3.05, 3.63) is 29.3 Å². The summed E-state index contributed by atoms with van der Waals surface area (Å²) >= 11 is 0. The molecule has 104 valence electrons. The van der Waals surface area contributed by atoms with Crippen LogP contribution in [-0.4, -0.2) is 6.04 Å². The monoisotopic (exact) mass is 270 g/mol. The van der Waals surface area contributed by atoms with E-state index in [1.54, 1.807) is 6.07 Å². The molecule has 0 amide bonds. The van der Waals surface area contributed by atoms with Crippen LogP contribution in [0.5, 0.6) is 0 Å². The maximum atomic E-state index is 12.6. The fourth-order valence-electron chi connectivity index (χ4n) is 1.94. The van der Waals surface area contributed by atoms with E-state index in [1.165, 1.54) is 12.1 Å². The van der Waals surface area contributed by atoms with Gasteiger partial charge in [-0.3, -0.25) is 0 Å². The molecular formula is C14H17F3N2. The van der Waals surface area contributed by atoms with Crippen molar-refractivity contribution < 1.29 is 13.2 Å². The summed E-state index contributed by atoms with van der Waals surface area (Å²) in [7, 11) is 0. The van der Waals surface area contributed by atoms with Gasteiger partial charge in [-0.05, 0) is 31.0 Å². The van der Waals surface area contributed by atoms with Gasteiger partial charge in [-0.1, -0.05) is 20.3 Å². The lowest BCUT2D eigenvalue weighted by atomic mass is 10.1. The highest BCUT2D eigenvalue weighted by Crippen LogP contribution is 2.33. The number of rotatable bonds is 5. The van der Waals surface area contributed by atoms with E-state index >= 15 is 0 Å². The Morgan fingerprint density at radius 3 is 2.47 bits per heavy atom. The van der Waals surface area contributed by atoms with Crippen LogP contribution in [-0.2, 0) is 6.18 Å². The van der Waals surface area contributed by atoms with Crippen molar-refractivity contribution in [2.24, 2.45) is 0 Å². The second-order valence-electron chi connectivity index (χ2n) is 4.41. The summed E-state index contributed by atoms with van der Waals surface area (Å²) in [4.78, 5) is 0. The molecule has 0 bridgehead atoms. The normalized spacial score (nSPS) is 12.8. The molecule has 0 saturated heterocycles. The van der Waals surface area contributed by atoms with Crippen LogP contribution in [0.4, 0.5) is 18.9 Å². The molecule has 0 heterocycles. The van der Waals surface area contributed by atoms with E-state index in [1.807, 2.05) is 6.92 Å². The lowest BCUT2D eigenvalue weighted by Crippen LogP contribution is -2.18. The number of anilines is 1. The molecule has 0 aliphatic rings. The van der Waals surface area contributed by atoms with E-state index < -0.39 is 11.7 Å². The molecule has 19 heavy (non-hydrogen) atoms. The van der Waals surface area contributed by atoms with Gasteiger partial charge in [-0.2, -0.15) is 18.4 Å². The van der Waals surface area contributed by atoms with Gasteiger partial charge in [0, 0.05) is 11.7 Å². The molecule has 0 aliphatic heterocycles. The van der Waals surface area contributed by atoms with Gasteiger partial charge in [0.25, 0.3) is 0 Å². The molecule has 1 atom stereocenters. The quantitative estimate of drug-likeness (QED) is 0.850. The summed E-state index contributed by atoms with van der Waals surface area (Å²) < 4.78 is 37.9. The fraction of sp³-hybridized carbons (Fsp3) is 0.500. The van der Waals surface area contributed by atoms with Crippen LogP contribution in [0.25, 0.3) is 0 Å². The van der Waals surface area contributed by atoms with Crippen molar-refractivity contribution in [1.82, 2.24) is 0 Å². The zero-order valence-electron chi connectivity index (χ0n) is 11.0. The number of halogens is 3. The number of alkyl halides is 3. The molecule has 0 fully saturated rings. The molecule has 5 heteroatoms. The van der Waals surface area contributed by atoms with Crippen LogP contribution in [0.15, 0.2) is 18.2 Å². The molecule has 1 unspecified atom stereocenters. The molecular weight excluding hydrogens is 253 g/mol. The Balaban J connectivity index is 2.98. The number of nitrogens with one attached hydrogen (secondary N) is 1. The first kappa shape index (κ1) is 15.4. The van der Waals surface area contributed by atoms with E-state index in [0.29, 0.717) is 5.69 Å². The summed E-state index contributed by atoms with van der Waals surface area (Å²) in [5, 5.41) is 12.0. The highest BCUT2D eigenvalue weighted by molar-refractivity contribution is 5.54. The van der Waals surface area contributed by atoms with Gasteiger partial charge in [-0.15, -0.1) is 0 Å². The SMILES string of the molecule is CCCC(CC)Nc1ccc(C(F)(F)F)c(C#N)c1. The summed E-state index contributed by atoms with van der Waals surface area (Å²) in [6, 6.07) is 5.42. The Bertz CT molecular complexity index is 461. The maximum Gasteiger partial charge on any atom is 0.417 e. The lowest BCUT2D eigenvalue weighted by Gasteiger charge is -2.18. The van der Waals surface area contributed by atoms with Crippen LogP contribution in [0.1, 0.15) is 44.2 Å². The molecule has 0 aromatic heterocycles. The van der Waals surface area contributed by atoms with Gasteiger partial charge in [0.2, 0.25) is 0 Å². The third-order valence-corrected chi connectivity index (χ3v) is 2.95. The van der Waals surface area contributed by atoms with Crippen LogP contribution in [0, 0.1) is 11.3 Å². The zero-order chi connectivity index (χ0) is 14.5. The molecule has 0 saturated carbocycles. The van der Waals surface area contributed by atoms with Crippen molar-refractivity contribution in [1.29, 1.82) is 5.26 Å². The average molecular weight is 270 g/mol. The minimum atomic E-state index is -4.49. The van der Waals surface area contributed by atoms with Crippen molar-refractivity contribution in [2.75, 3.05) is 5.32 Å². The van der Waals surface area contributed by atoms with Crippen LogP contribution in [0.2, 0.25) is 0 Å². The molecule has 0 spiro atoms. The Labute approximate surface area is 111 Å². The minimum absolute atomic E-state index is 0.216. The van der Waals surface area contributed by atoms with Crippen molar-refractivity contribution in [3.8, 4) is 6.07 Å². The van der Waals surface area contributed by atoms with Gasteiger partial charge in [0.1, 0.15) is 0 Å². The number of nitriles is 1. The molecule has 1 aromatic carbocycles. The average Bonchev–Trinajstić information content (AvgIpc) is 2.36. The fourth-order valence-corrected chi connectivity index (χ4v) is 1.94. The smallest absolute Gasteiger partial charge is 0.382 e. The van der Waals surface area contributed by atoms with Gasteiger partial charge in [0.05, 0.1) is 17.2 Å².